The van der Waals surface area contributed by atoms with Crippen LogP contribution in [0.1, 0.15) is 0 Å². The summed E-state index contributed by atoms with van der Waals surface area (Å²) in [6.07, 6.45) is 3.82. The van der Waals surface area contributed by atoms with E-state index >= 15 is 0 Å². The Morgan fingerprint density at radius 3 is 2.89 bits per heavy atom. The molecule has 1 rings (SSSR count). The number of rotatable bonds is 6. The Labute approximate surface area is 112 Å². The number of nitrogens with zero attached hydrogens (tertiary/aromatic N) is 2. The Bertz CT molecular complexity index is 291. The van der Waals surface area contributed by atoms with Gasteiger partial charge in [0.1, 0.15) is 5.84 Å². The fraction of sp³-hybridized carbons (Fsp3) is 0.727. The van der Waals surface area contributed by atoms with E-state index in [1.807, 2.05) is 17.3 Å². The molecule has 4 N–H and O–H groups in total. The van der Waals surface area contributed by atoms with Gasteiger partial charge in [0.05, 0.1) is 26.4 Å². The molecule has 0 aliphatic carbocycles. The Hall–Kier alpha value is -0.760. The molecule has 7 heteroatoms. The van der Waals surface area contributed by atoms with Crippen molar-refractivity contribution in [1.82, 2.24) is 10.4 Å². The molecule has 1 heterocycles. The number of amidine groups is 1. The Kier molecular flexibility index (Phi) is 7.83. The number of ether oxygens (including phenoxy) is 1. The maximum absolute atomic E-state index is 8.83. The van der Waals surface area contributed by atoms with Crippen LogP contribution in [0, 0.1) is 0 Å². The van der Waals surface area contributed by atoms with Gasteiger partial charge >= 0.3 is 0 Å². The molecule has 0 aromatic carbocycles. The minimum absolute atomic E-state index is 0.0323. The molecule has 0 unspecified atom stereocenters. The lowest BCUT2D eigenvalue weighted by atomic mass is 10.4. The summed E-state index contributed by atoms with van der Waals surface area (Å²) >= 11 is 1.66. The molecule has 1 aliphatic rings. The number of nitrogens with two attached hydrogens (primary N) is 1. The van der Waals surface area contributed by atoms with Crippen molar-refractivity contribution in [2.24, 2.45) is 10.7 Å². The molecule has 18 heavy (non-hydrogen) atoms. The predicted molar refractivity (Wildman–Crippen MR) is 75.6 cm³/mol. The van der Waals surface area contributed by atoms with Crippen LogP contribution >= 0.6 is 11.8 Å². The predicted octanol–water partition coefficient (Wildman–Crippen LogP) is -0.580. The van der Waals surface area contributed by atoms with Gasteiger partial charge in [-0.3, -0.25) is 4.99 Å². The zero-order valence-electron chi connectivity index (χ0n) is 10.8. The largest absolute Gasteiger partial charge is 0.401 e. The van der Waals surface area contributed by atoms with Crippen LogP contribution in [0.15, 0.2) is 16.8 Å². The molecule has 0 aromatic heterocycles. The average Bonchev–Trinajstić information content (AvgIpc) is 2.37. The van der Waals surface area contributed by atoms with Crippen LogP contribution in [0.3, 0.4) is 0 Å². The average molecular weight is 274 g/mol. The van der Waals surface area contributed by atoms with Gasteiger partial charge in [0.15, 0.2) is 0 Å². The summed E-state index contributed by atoms with van der Waals surface area (Å²) in [5.41, 5.74) is 9.85. The van der Waals surface area contributed by atoms with Crippen molar-refractivity contribution in [3.05, 3.63) is 11.8 Å². The molecule has 0 atom stereocenters. The molecule has 0 aromatic rings. The fourth-order valence-corrected chi connectivity index (χ4v) is 1.92. The molecule has 1 aliphatic heterocycles. The molecule has 0 amide bonds. The van der Waals surface area contributed by atoms with Crippen LogP contribution in [0.2, 0.25) is 0 Å². The summed E-state index contributed by atoms with van der Waals surface area (Å²) in [5.74, 6) is 1.46. The second kappa shape index (κ2) is 9.21. The third-order valence-corrected chi connectivity index (χ3v) is 2.92. The summed E-state index contributed by atoms with van der Waals surface area (Å²) in [5, 5.41) is 10.9. The van der Waals surface area contributed by atoms with Gasteiger partial charge in [0.25, 0.3) is 0 Å². The first-order valence-corrected chi connectivity index (χ1v) is 7.35. The third kappa shape index (κ3) is 6.25. The molecular formula is C11H22N4O2S. The lowest BCUT2D eigenvalue weighted by Crippen LogP contribution is -2.48. The first kappa shape index (κ1) is 15.3. The number of aliphatic hydroxyl groups excluding tert-OH is 1. The highest BCUT2D eigenvalue weighted by Crippen LogP contribution is 1.99. The van der Waals surface area contributed by atoms with Crippen LogP contribution in [-0.4, -0.2) is 67.4 Å². The van der Waals surface area contributed by atoms with Gasteiger partial charge in [-0.1, -0.05) is 0 Å². The standard InChI is InChI=1S/C11H22N4O2S/c1-18-9-10(12)8-11(13-2-5-16)14-15-3-6-17-7-4-15/h8,16H,2-7,9,12H2,1H3,(H,13,14)/b10-8-. The zero-order chi connectivity index (χ0) is 13.2. The summed E-state index contributed by atoms with van der Waals surface area (Å²) in [6.45, 7) is 3.46. The summed E-state index contributed by atoms with van der Waals surface area (Å²) < 4.78 is 5.28. The SMILES string of the molecule is CSC/C(N)=C/C(=NCCO)NN1CCOCC1. The van der Waals surface area contributed by atoms with Crippen LogP contribution in [0.4, 0.5) is 0 Å². The van der Waals surface area contributed by atoms with Gasteiger partial charge in [-0.15, -0.1) is 0 Å². The number of hydrazine groups is 1. The van der Waals surface area contributed by atoms with Crippen molar-refractivity contribution in [1.29, 1.82) is 0 Å². The number of thioether (sulfide) groups is 1. The van der Waals surface area contributed by atoms with Crippen molar-refractivity contribution < 1.29 is 9.84 Å². The molecule has 0 bridgehead atoms. The summed E-state index contributed by atoms with van der Waals surface area (Å²) in [6, 6.07) is 0. The van der Waals surface area contributed by atoms with E-state index in [-0.39, 0.29) is 6.61 Å². The van der Waals surface area contributed by atoms with E-state index in [0.29, 0.717) is 25.6 Å². The molecule has 1 saturated heterocycles. The quantitative estimate of drug-likeness (QED) is 0.444. The maximum atomic E-state index is 8.83. The van der Waals surface area contributed by atoms with E-state index < -0.39 is 0 Å². The monoisotopic (exact) mass is 274 g/mol. The van der Waals surface area contributed by atoms with Gasteiger partial charge in [-0.05, 0) is 6.26 Å². The summed E-state index contributed by atoms with van der Waals surface area (Å²) in [7, 11) is 0. The summed E-state index contributed by atoms with van der Waals surface area (Å²) in [4.78, 5) is 4.27. The normalized spacial score (nSPS) is 19.0. The molecule has 0 saturated carbocycles. The second-order valence-electron chi connectivity index (χ2n) is 3.85. The van der Waals surface area contributed by atoms with E-state index in [0.717, 1.165) is 24.5 Å². The molecule has 104 valence electrons. The van der Waals surface area contributed by atoms with Crippen molar-refractivity contribution in [3.63, 3.8) is 0 Å². The number of nitrogens with one attached hydrogen (secondary N) is 1. The highest BCUT2D eigenvalue weighted by Gasteiger charge is 2.11. The van der Waals surface area contributed by atoms with Gasteiger partial charge < -0.3 is 21.0 Å². The van der Waals surface area contributed by atoms with Crippen molar-refractivity contribution in [3.8, 4) is 0 Å². The van der Waals surface area contributed by atoms with Crippen molar-refractivity contribution >= 4 is 17.6 Å². The smallest absolute Gasteiger partial charge is 0.137 e. The molecule has 1 fully saturated rings. The topological polar surface area (TPSA) is 83.1 Å². The number of hydrogen-bond donors (Lipinski definition) is 3. The van der Waals surface area contributed by atoms with Crippen molar-refractivity contribution in [2.75, 3.05) is 51.5 Å². The van der Waals surface area contributed by atoms with Crippen molar-refractivity contribution in [2.45, 2.75) is 0 Å². The Morgan fingerprint density at radius 2 is 2.28 bits per heavy atom. The maximum Gasteiger partial charge on any atom is 0.137 e. The van der Waals surface area contributed by atoms with Crippen LogP contribution in [0.5, 0.6) is 0 Å². The van der Waals surface area contributed by atoms with Crippen LogP contribution in [-0.2, 0) is 4.74 Å². The first-order valence-electron chi connectivity index (χ1n) is 5.96. The minimum atomic E-state index is 0.0323. The highest BCUT2D eigenvalue weighted by molar-refractivity contribution is 7.98. The molecule has 6 nitrogen and oxygen atoms in total. The molecule has 0 radical (unpaired) electrons. The van der Waals surface area contributed by atoms with Crippen LogP contribution in [0.25, 0.3) is 0 Å². The number of morpholine rings is 1. The lowest BCUT2D eigenvalue weighted by Gasteiger charge is -2.27. The van der Waals surface area contributed by atoms with Gasteiger partial charge in [0.2, 0.25) is 0 Å². The fourth-order valence-electron chi connectivity index (χ4n) is 1.50. The minimum Gasteiger partial charge on any atom is -0.401 e. The van der Waals surface area contributed by atoms with E-state index in [1.54, 1.807) is 11.8 Å². The van der Waals surface area contributed by atoms with Gasteiger partial charge in [0, 0.05) is 30.6 Å². The van der Waals surface area contributed by atoms with E-state index in [1.165, 1.54) is 0 Å². The van der Waals surface area contributed by atoms with E-state index in [9.17, 15) is 0 Å². The Morgan fingerprint density at radius 1 is 1.56 bits per heavy atom. The molecular weight excluding hydrogens is 252 g/mol. The number of hydrogen-bond acceptors (Lipinski definition) is 6. The van der Waals surface area contributed by atoms with E-state index in [4.69, 9.17) is 15.6 Å². The number of aliphatic hydroxyl groups is 1. The van der Waals surface area contributed by atoms with Gasteiger partial charge in [-0.2, -0.15) is 11.8 Å². The third-order valence-electron chi connectivity index (χ3n) is 2.30. The first-order chi connectivity index (χ1) is 8.76. The van der Waals surface area contributed by atoms with Gasteiger partial charge in [-0.25, -0.2) is 5.01 Å². The zero-order valence-corrected chi connectivity index (χ0v) is 11.6. The lowest BCUT2D eigenvalue weighted by molar-refractivity contribution is 0.0249. The van der Waals surface area contributed by atoms with E-state index in [2.05, 4.69) is 10.4 Å². The Balaban J connectivity index is 2.56. The second-order valence-corrected chi connectivity index (χ2v) is 4.72. The molecule has 0 spiro atoms. The highest BCUT2D eigenvalue weighted by atomic mass is 32.2. The number of aliphatic imine (C=N–C) groups is 1. The van der Waals surface area contributed by atoms with Crippen LogP contribution < -0.4 is 11.2 Å².